The van der Waals surface area contributed by atoms with Crippen LogP contribution in [0.15, 0.2) is 37.2 Å². The first-order chi connectivity index (χ1) is 9.21. The highest BCUT2D eigenvalue weighted by Gasteiger charge is 2.14. The summed E-state index contributed by atoms with van der Waals surface area (Å²) in [5.41, 5.74) is 0.870. The van der Waals surface area contributed by atoms with Gasteiger partial charge in [0.05, 0.1) is 19.2 Å². The number of rotatable bonds is 5. The van der Waals surface area contributed by atoms with Gasteiger partial charge in [0.2, 0.25) is 0 Å². The van der Waals surface area contributed by atoms with E-state index < -0.39 is 0 Å². The van der Waals surface area contributed by atoms with Crippen molar-refractivity contribution in [1.82, 2.24) is 9.55 Å². The van der Waals surface area contributed by atoms with Crippen molar-refractivity contribution < 1.29 is 9.47 Å². The summed E-state index contributed by atoms with van der Waals surface area (Å²) < 4.78 is 12.5. The van der Waals surface area contributed by atoms with Crippen molar-refractivity contribution in [1.29, 1.82) is 0 Å². The van der Waals surface area contributed by atoms with Crippen LogP contribution in [-0.2, 0) is 6.54 Å². The van der Waals surface area contributed by atoms with Gasteiger partial charge in [0, 0.05) is 24.5 Å². The van der Waals surface area contributed by atoms with Crippen molar-refractivity contribution in [3.8, 4) is 22.9 Å². The van der Waals surface area contributed by atoms with Gasteiger partial charge < -0.3 is 14.0 Å². The minimum absolute atomic E-state index is 0.491. The second kappa shape index (κ2) is 5.80. The summed E-state index contributed by atoms with van der Waals surface area (Å²) in [6.45, 7) is 4.41. The van der Waals surface area contributed by atoms with E-state index in [1.165, 1.54) is 0 Å². The maximum absolute atomic E-state index is 6.20. The Morgan fingerprint density at radius 2 is 2.16 bits per heavy atom. The summed E-state index contributed by atoms with van der Waals surface area (Å²) in [5.74, 6) is 1.91. The lowest BCUT2D eigenvalue weighted by molar-refractivity contribution is 0.355. The Hall–Kier alpha value is -1.94. The standard InChI is InChI=1S/C14H15ClN2O2/c1-4-6-17-7-5-16-14(17)10-8-11(15)13(19-3)12(9-10)18-2/h4-5,7-9H,1,6H2,2-3H3. The highest BCUT2D eigenvalue weighted by Crippen LogP contribution is 2.38. The third-order valence-electron chi connectivity index (χ3n) is 2.73. The predicted molar refractivity (Wildman–Crippen MR) is 76.0 cm³/mol. The van der Waals surface area contributed by atoms with Crippen molar-refractivity contribution in [2.75, 3.05) is 14.2 Å². The van der Waals surface area contributed by atoms with Crippen LogP contribution in [0, 0.1) is 0 Å². The van der Waals surface area contributed by atoms with E-state index in [0.29, 0.717) is 23.1 Å². The lowest BCUT2D eigenvalue weighted by Gasteiger charge is -2.12. The van der Waals surface area contributed by atoms with Gasteiger partial charge in [-0.15, -0.1) is 6.58 Å². The monoisotopic (exact) mass is 278 g/mol. The fourth-order valence-corrected chi connectivity index (χ4v) is 2.19. The number of imidazole rings is 1. The Balaban J connectivity index is 2.53. The minimum atomic E-state index is 0.491. The molecular formula is C14H15ClN2O2. The van der Waals surface area contributed by atoms with Gasteiger partial charge in [0.15, 0.2) is 11.5 Å². The van der Waals surface area contributed by atoms with Gasteiger partial charge in [-0.3, -0.25) is 0 Å². The summed E-state index contributed by atoms with van der Waals surface area (Å²) in [5, 5.41) is 0.491. The third-order valence-corrected chi connectivity index (χ3v) is 3.01. The zero-order valence-corrected chi connectivity index (χ0v) is 11.6. The van der Waals surface area contributed by atoms with E-state index in [9.17, 15) is 0 Å². The lowest BCUT2D eigenvalue weighted by atomic mass is 10.2. The second-order valence-corrected chi connectivity index (χ2v) is 4.29. The first-order valence-corrected chi connectivity index (χ1v) is 6.13. The molecule has 0 unspecified atom stereocenters. The van der Waals surface area contributed by atoms with Gasteiger partial charge in [0.1, 0.15) is 5.82 Å². The fraction of sp³-hybridized carbons (Fsp3) is 0.214. The normalized spacial score (nSPS) is 10.3. The molecule has 0 bridgehead atoms. The molecule has 1 aromatic heterocycles. The van der Waals surface area contributed by atoms with E-state index in [4.69, 9.17) is 21.1 Å². The topological polar surface area (TPSA) is 36.3 Å². The number of hydrogen-bond acceptors (Lipinski definition) is 3. The number of benzene rings is 1. The summed E-state index contributed by atoms with van der Waals surface area (Å²) in [4.78, 5) is 4.34. The van der Waals surface area contributed by atoms with Crippen LogP contribution >= 0.6 is 11.6 Å². The van der Waals surface area contributed by atoms with Crippen LogP contribution in [-0.4, -0.2) is 23.8 Å². The molecule has 0 saturated heterocycles. The van der Waals surface area contributed by atoms with Gasteiger partial charge in [-0.2, -0.15) is 0 Å². The van der Waals surface area contributed by atoms with Gasteiger partial charge in [0.25, 0.3) is 0 Å². The highest BCUT2D eigenvalue weighted by atomic mass is 35.5. The van der Waals surface area contributed by atoms with Crippen molar-refractivity contribution in [2.45, 2.75) is 6.54 Å². The summed E-state index contributed by atoms with van der Waals surface area (Å²) >= 11 is 6.20. The Kier molecular flexibility index (Phi) is 4.12. The zero-order valence-electron chi connectivity index (χ0n) is 10.9. The van der Waals surface area contributed by atoms with Crippen LogP contribution in [0.3, 0.4) is 0 Å². The number of halogens is 1. The van der Waals surface area contributed by atoms with Gasteiger partial charge in [-0.05, 0) is 12.1 Å². The number of nitrogens with zero attached hydrogens (tertiary/aromatic N) is 2. The first kappa shape index (κ1) is 13.5. The van der Waals surface area contributed by atoms with Crippen LogP contribution in [0.1, 0.15) is 0 Å². The Morgan fingerprint density at radius 3 is 2.79 bits per heavy atom. The predicted octanol–water partition coefficient (Wildman–Crippen LogP) is 3.41. The molecule has 0 atom stereocenters. The molecule has 100 valence electrons. The number of allylic oxidation sites excluding steroid dienone is 1. The van der Waals surface area contributed by atoms with E-state index in [1.54, 1.807) is 20.4 Å². The molecule has 0 amide bonds. The molecule has 5 heteroatoms. The van der Waals surface area contributed by atoms with Crippen molar-refractivity contribution >= 4 is 11.6 Å². The molecule has 0 aliphatic rings. The molecule has 2 aromatic rings. The molecule has 0 N–H and O–H groups in total. The molecule has 1 aromatic carbocycles. The molecule has 19 heavy (non-hydrogen) atoms. The number of hydrogen-bond donors (Lipinski definition) is 0. The third kappa shape index (κ3) is 2.58. The molecule has 0 spiro atoms. The zero-order chi connectivity index (χ0) is 13.8. The van der Waals surface area contributed by atoms with Gasteiger partial charge in [-0.25, -0.2) is 4.98 Å². The Bertz CT molecular complexity index is 593. The van der Waals surface area contributed by atoms with E-state index >= 15 is 0 Å². The Morgan fingerprint density at radius 1 is 1.37 bits per heavy atom. The van der Waals surface area contributed by atoms with E-state index in [2.05, 4.69) is 11.6 Å². The molecule has 2 rings (SSSR count). The van der Waals surface area contributed by atoms with Crippen molar-refractivity contribution in [3.63, 3.8) is 0 Å². The summed E-state index contributed by atoms with van der Waals surface area (Å²) in [6, 6.07) is 3.66. The smallest absolute Gasteiger partial charge is 0.179 e. The average molecular weight is 279 g/mol. The van der Waals surface area contributed by atoms with Crippen molar-refractivity contribution in [3.05, 3.63) is 42.2 Å². The largest absolute Gasteiger partial charge is 0.493 e. The maximum Gasteiger partial charge on any atom is 0.179 e. The molecule has 0 radical (unpaired) electrons. The van der Waals surface area contributed by atoms with Crippen LogP contribution in [0.5, 0.6) is 11.5 Å². The first-order valence-electron chi connectivity index (χ1n) is 5.75. The molecule has 4 nitrogen and oxygen atoms in total. The van der Waals surface area contributed by atoms with Crippen LogP contribution < -0.4 is 9.47 Å². The highest BCUT2D eigenvalue weighted by molar-refractivity contribution is 6.32. The van der Waals surface area contributed by atoms with Gasteiger partial charge in [-0.1, -0.05) is 17.7 Å². The summed E-state index contributed by atoms with van der Waals surface area (Å²) in [7, 11) is 3.14. The summed E-state index contributed by atoms with van der Waals surface area (Å²) in [6.07, 6.45) is 5.44. The number of ether oxygens (including phenoxy) is 2. The van der Waals surface area contributed by atoms with Crippen LogP contribution in [0.4, 0.5) is 0 Å². The van der Waals surface area contributed by atoms with E-state index in [-0.39, 0.29) is 0 Å². The van der Waals surface area contributed by atoms with Crippen LogP contribution in [0.25, 0.3) is 11.4 Å². The Labute approximate surface area is 117 Å². The van der Waals surface area contributed by atoms with E-state index in [1.807, 2.05) is 29.0 Å². The van der Waals surface area contributed by atoms with E-state index in [0.717, 1.165) is 11.4 Å². The molecule has 0 aliphatic heterocycles. The van der Waals surface area contributed by atoms with Crippen LogP contribution in [0.2, 0.25) is 5.02 Å². The maximum atomic E-state index is 6.20. The average Bonchev–Trinajstić information content (AvgIpc) is 2.86. The molecule has 0 fully saturated rings. The van der Waals surface area contributed by atoms with Gasteiger partial charge >= 0.3 is 0 Å². The quantitative estimate of drug-likeness (QED) is 0.787. The molecule has 0 saturated carbocycles. The molecular weight excluding hydrogens is 264 g/mol. The van der Waals surface area contributed by atoms with Crippen molar-refractivity contribution in [2.24, 2.45) is 0 Å². The number of methoxy groups -OCH3 is 2. The molecule has 0 aliphatic carbocycles. The minimum Gasteiger partial charge on any atom is -0.493 e. The SMILES string of the molecule is C=CCn1ccnc1-c1cc(Cl)c(OC)c(OC)c1. The fourth-order valence-electron chi connectivity index (χ4n) is 1.90. The molecule has 1 heterocycles. The lowest BCUT2D eigenvalue weighted by Crippen LogP contribution is -1.98. The number of aromatic nitrogens is 2. The second-order valence-electron chi connectivity index (χ2n) is 3.89.